The quantitative estimate of drug-likeness (QED) is 0.813. The largest absolute Gasteiger partial charge is 0.385 e. The van der Waals surface area contributed by atoms with Crippen molar-refractivity contribution in [1.82, 2.24) is 4.98 Å². The number of halogens is 1. The highest BCUT2D eigenvalue weighted by Crippen LogP contribution is 2.41. The molecule has 0 aliphatic heterocycles. The summed E-state index contributed by atoms with van der Waals surface area (Å²) in [6.07, 6.45) is 6.22. The molecule has 19 heavy (non-hydrogen) atoms. The number of aromatic nitrogens is 1. The molecule has 0 amide bonds. The van der Waals surface area contributed by atoms with Gasteiger partial charge in [0.15, 0.2) is 0 Å². The van der Waals surface area contributed by atoms with Gasteiger partial charge in [0.1, 0.15) is 5.82 Å². The van der Waals surface area contributed by atoms with Crippen molar-refractivity contribution in [3.8, 4) is 0 Å². The zero-order valence-electron chi connectivity index (χ0n) is 11.7. The fourth-order valence-electron chi connectivity index (χ4n) is 3.11. The number of anilines is 1. The summed E-state index contributed by atoms with van der Waals surface area (Å²) in [5, 5.41) is 11.5. The summed E-state index contributed by atoms with van der Waals surface area (Å²) in [5.41, 5.74) is 5.75. The lowest BCUT2D eigenvalue weighted by Crippen LogP contribution is -2.26. The molecule has 0 saturated heterocycles. The Labute approximate surface area is 120 Å². The SMILES string of the molecule is CC(C)C1CCCC(O)(c2cc(Cl)cnc2N)CC1. The Bertz CT molecular complexity index is 450. The molecule has 2 rings (SSSR count). The fraction of sp³-hybridized carbons (Fsp3) is 0.667. The van der Waals surface area contributed by atoms with E-state index >= 15 is 0 Å². The van der Waals surface area contributed by atoms with Gasteiger partial charge in [-0.1, -0.05) is 31.9 Å². The van der Waals surface area contributed by atoms with E-state index in [2.05, 4.69) is 18.8 Å². The zero-order chi connectivity index (χ0) is 14.0. The molecule has 2 atom stereocenters. The maximum atomic E-state index is 10.9. The Morgan fingerprint density at radius 3 is 2.84 bits per heavy atom. The first-order valence-corrected chi connectivity index (χ1v) is 7.44. The van der Waals surface area contributed by atoms with Crippen LogP contribution in [0.1, 0.15) is 51.5 Å². The van der Waals surface area contributed by atoms with Crippen molar-refractivity contribution in [3.05, 3.63) is 22.8 Å². The Kier molecular flexibility index (Phi) is 4.36. The second-order valence-electron chi connectivity index (χ2n) is 6.05. The van der Waals surface area contributed by atoms with E-state index in [9.17, 15) is 5.11 Å². The van der Waals surface area contributed by atoms with Crippen LogP contribution >= 0.6 is 11.6 Å². The lowest BCUT2D eigenvalue weighted by Gasteiger charge is -2.28. The highest BCUT2D eigenvalue weighted by atomic mass is 35.5. The molecule has 3 nitrogen and oxygen atoms in total. The number of hydrogen-bond acceptors (Lipinski definition) is 3. The molecule has 1 aliphatic rings. The van der Waals surface area contributed by atoms with Crippen molar-refractivity contribution in [2.45, 2.75) is 51.6 Å². The number of nitrogens with two attached hydrogens (primary N) is 1. The predicted octanol–water partition coefficient (Wildman–Crippen LogP) is 3.74. The zero-order valence-corrected chi connectivity index (χ0v) is 12.5. The maximum Gasteiger partial charge on any atom is 0.129 e. The Morgan fingerprint density at radius 2 is 2.16 bits per heavy atom. The second-order valence-corrected chi connectivity index (χ2v) is 6.49. The van der Waals surface area contributed by atoms with Gasteiger partial charge < -0.3 is 10.8 Å². The minimum absolute atomic E-state index is 0.398. The summed E-state index contributed by atoms with van der Waals surface area (Å²) < 4.78 is 0. The van der Waals surface area contributed by atoms with Crippen LogP contribution in [0.25, 0.3) is 0 Å². The minimum Gasteiger partial charge on any atom is -0.385 e. The van der Waals surface area contributed by atoms with Crippen molar-refractivity contribution in [3.63, 3.8) is 0 Å². The molecule has 1 aromatic heterocycles. The van der Waals surface area contributed by atoms with Crippen LogP contribution in [0.5, 0.6) is 0 Å². The van der Waals surface area contributed by atoms with Gasteiger partial charge in [-0.25, -0.2) is 4.98 Å². The number of rotatable bonds is 2. The minimum atomic E-state index is -0.869. The Hall–Kier alpha value is -0.800. The molecule has 0 aromatic carbocycles. The van der Waals surface area contributed by atoms with E-state index in [-0.39, 0.29) is 0 Å². The van der Waals surface area contributed by atoms with Crippen LogP contribution < -0.4 is 5.73 Å². The smallest absolute Gasteiger partial charge is 0.129 e. The van der Waals surface area contributed by atoms with Crippen LogP contribution in [0, 0.1) is 11.8 Å². The monoisotopic (exact) mass is 282 g/mol. The molecule has 0 spiro atoms. The highest BCUT2D eigenvalue weighted by Gasteiger charge is 2.35. The normalized spacial score (nSPS) is 28.4. The number of hydrogen-bond donors (Lipinski definition) is 2. The van der Waals surface area contributed by atoms with Crippen LogP contribution in [-0.2, 0) is 5.60 Å². The van der Waals surface area contributed by atoms with E-state index in [4.69, 9.17) is 17.3 Å². The topological polar surface area (TPSA) is 59.1 Å². The molecule has 1 saturated carbocycles. The summed E-state index contributed by atoms with van der Waals surface area (Å²) >= 11 is 5.99. The van der Waals surface area contributed by atoms with Crippen LogP contribution in [-0.4, -0.2) is 10.1 Å². The summed E-state index contributed by atoms with van der Waals surface area (Å²) in [6.45, 7) is 4.51. The number of nitrogen functional groups attached to an aromatic ring is 1. The van der Waals surface area contributed by atoms with Gasteiger partial charge in [-0.3, -0.25) is 0 Å². The number of pyridine rings is 1. The average Bonchev–Trinajstić information content (AvgIpc) is 2.55. The van der Waals surface area contributed by atoms with Crippen molar-refractivity contribution >= 4 is 17.4 Å². The van der Waals surface area contributed by atoms with Gasteiger partial charge in [-0.2, -0.15) is 0 Å². The molecule has 4 heteroatoms. The third-order valence-corrected chi connectivity index (χ3v) is 4.63. The first kappa shape index (κ1) is 14.6. The molecule has 1 heterocycles. The number of nitrogens with zero attached hydrogens (tertiary/aromatic N) is 1. The van der Waals surface area contributed by atoms with Gasteiger partial charge in [-0.15, -0.1) is 0 Å². The molecule has 1 fully saturated rings. The molecule has 1 aliphatic carbocycles. The van der Waals surface area contributed by atoms with E-state index in [1.807, 2.05) is 0 Å². The molecular formula is C15H23ClN2O. The molecule has 106 valence electrons. The van der Waals surface area contributed by atoms with Gasteiger partial charge in [0.2, 0.25) is 0 Å². The molecule has 1 aromatic rings. The van der Waals surface area contributed by atoms with E-state index in [1.165, 1.54) is 12.6 Å². The molecule has 2 unspecified atom stereocenters. The molecule has 3 N–H and O–H groups in total. The lowest BCUT2D eigenvalue weighted by atomic mass is 9.85. The lowest BCUT2D eigenvalue weighted by molar-refractivity contribution is 0.0196. The first-order valence-electron chi connectivity index (χ1n) is 7.06. The highest BCUT2D eigenvalue weighted by molar-refractivity contribution is 6.30. The van der Waals surface area contributed by atoms with Gasteiger partial charge >= 0.3 is 0 Å². The summed E-state index contributed by atoms with van der Waals surface area (Å²) in [4.78, 5) is 4.07. The number of aliphatic hydroxyl groups is 1. The summed E-state index contributed by atoms with van der Waals surface area (Å²) in [7, 11) is 0. The van der Waals surface area contributed by atoms with Crippen LogP contribution in [0.15, 0.2) is 12.3 Å². The van der Waals surface area contributed by atoms with E-state index in [0.29, 0.717) is 28.2 Å². The standard InChI is InChI=1S/C15H23ClN2O/c1-10(2)11-4-3-6-15(19,7-5-11)13-8-12(16)9-18-14(13)17/h8-11,19H,3-7H2,1-2H3,(H2,17,18). The average molecular weight is 283 g/mol. The third-order valence-electron chi connectivity index (χ3n) is 4.42. The van der Waals surface area contributed by atoms with Gasteiger partial charge in [0, 0.05) is 11.8 Å². The molecule has 0 radical (unpaired) electrons. The van der Waals surface area contributed by atoms with Gasteiger partial charge in [-0.05, 0) is 43.6 Å². The van der Waals surface area contributed by atoms with Crippen LogP contribution in [0.2, 0.25) is 5.02 Å². The van der Waals surface area contributed by atoms with E-state index in [0.717, 1.165) is 25.7 Å². The third kappa shape index (κ3) is 3.21. The van der Waals surface area contributed by atoms with E-state index in [1.54, 1.807) is 6.07 Å². The fourth-order valence-corrected chi connectivity index (χ4v) is 3.27. The predicted molar refractivity (Wildman–Crippen MR) is 79.0 cm³/mol. The van der Waals surface area contributed by atoms with E-state index < -0.39 is 5.60 Å². The van der Waals surface area contributed by atoms with Crippen molar-refractivity contribution in [2.75, 3.05) is 5.73 Å². The van der Waals surface area contributed by atoms with Crippen LogP contribution in [0.4, 0.5) is 5.82 Å². The molecular weight excluding hydrogens is 260 g/mol. The Balaban J connectivity index is 2.25. The first-order chi connectivity index (χ1) is 8.92. The van der Waals surface area contributed by atoms with Gasteiger partial charge in [0.25, 0.3) is 0 Å². The maximum absolute atomic E-state index is 10.9. The molecule has 0 bridgehead atoms. The van der Waals surface area contributed by atoms with Crippen molar-refractivity contribution in [1.29, 1.82) is 0 Å². The van der Waals surface area contributed by atoms with Crippen LogP contribution in [0.3, 0.4) is 0 Å². The summed E-state index contributed by atoms with van der Waals surface area (Å²) in [5.74, 6) is 1.74. The Morgan fingerprint density at radius 1 is 1.42 bits per heavy atom. The van der Waals surface area contributed by atoms with Gasteiger partial charge in [0.05, 0.1) is 10.6 Å². The van der Waals surface area contributed by atoms with Crippen molar-refractivity contribution in [2.24, 2.45) is 11.8 Å². The van der Waals surface area contributed by atoms with Crippen molar-refractivity contribution < 1.29 is 5.11 Å². The second kappa shape index (κ2) is 5.68. The summed E-state index contributed by atoms with van der Waals surface area (Å²) in [6, 6.07) is 1.76.